The highest BCUT2D eigenvalue weighted by molar-refractivity contribution is 6.33. The SMILES string of the molecule is CCCCOc1ccc2c(=O)c(-c3ccccc3Cl)coc2c1. The zero-order valence-corrected chi connectivity index (χ0v) is 13.6. The molecule has 0 aliphatic carbocycles. The Morgan fingerprint density at radius 2 is 1.96 bits per heavy atom. The van der Waals surface area contributed by atoms with E-state index in [1.165, 1.54) is 6.26 Å². The van der Waals surface area contributed by atoms with E-state index in [4.69, 9.17) is 20.8 Å². The molecule has 0 unspecified atom stereocenters. The number of hydrogen-bond donors (Lipinski definition) is 0. The van der Waals surface area contributed by atoms with E-state index in [2.05, 4.69) is 6.92 Å². The molecule has 0 bridgehead atoms. The molecule has 0 aliphatic heterocycles. The Labute approximate surface area is 139 Å². The first kappa shape index (κ1) is 15.6. The lowest BCUT2D eigenvalue weighted by atomic mass is 10.1. The largest absolute Gasteiger partial charge is 0.493 e. The summed E-state index contributed by atoms with van der Waals surface area (Å²) in [7, 11) is 0. The highest BCUT2D eigenvalue weighted by Crippen LogP contribution is 2.27. The van der Waals surface area contributed by atoms with E-state index in [0.717, 1.165) is 12.8 Å². The van der Waals surface area contributed by atoms with Crippen LogP contribution in [0.1, 0.15) is 19.8 Å². The minimum Gasteiger partial charge on any atom is -0.493 e. The first-order valence-electron chi connectivity index (χ1n) is 7.64. The van der Waals surface area contributed by atoms with Crippen molar-refractivity contribution in [3.63, 3.8) is 0 Å². The lowest BCUT2D eigenvalue weighted by Gasteiger charge is -2.07. The quantitative estimate of drug-likeness (QED) is 0.597. The van der Waals surface area contributed by atoms with Gasteiger partial charge in [-0.3, -0.25) is 4.79 Å². The van der Waals surface area contributed by atoms with Crippen molar-refractivity contribution in [2.45, 2.75) is 19.8 Å². The predicted octanol–water partition coefficient (Wildman–Crippen LogP) is 5.29. The number of ether oxygens (including phenoxy) is 1. The van der Waals surface area contributed by atoms with Crippen molar-refractivity contribution in [1.29, 1.82) is 0 Å². The fourth-order valence-electron chi connectivity index (χ4n) is 2.40. The summed E-state index contributed by atoms with van der Waals surface area (Å²) in [6, 6.07) is 12.5. The smallest absolute Gasteiger partial charge is 0.200 e. The van der Waals surface area contributed by atoms with Crippen LogP contribution in [0.5, 0.6) is 5.75 Å². The highest BCUT2D eigenvalue weighted by atomic mass is 35.5. The molecule has 0 saturated heterocycles. The van der Waals surface area contributed by atoms with Crippen LogP contribution in [0.3, 0.4) is 0 Å². The highest BCUT2D eigenvalue weighted by Gasteiger charge is 2.12. The Kier molecular flexibility index (Phi) is 4.68. The van der Waals surface area contributed by atoms with Gasteiger partial charge in [-0.2, -0.15) is 0 Å². The summed E-state index contributed by atoms with van der Waals surface area (Å²) < 4.78 is 11.3. The monoisotopic (exact) mass is 328 g/mol. The van der Waals surface area contributed by atoms with Crippen LogP contribution < -0.4 is 10.2 Å². The van der Waals surface area contributed by atoms with Gasteiger partial charge in [-0.05, 0) is 24.6 Å². The van der Waals surface area contributed by atoms with Crippen molar-refractivity contribution in [2.24, 2.45) is 0 Å². The molecule has 23 heavy (non-hydrogen) atoms. The van der Waals surface area contributed by atoms with Gasteiger partial charge in [-0.15, -0.1) is 0 Å². The normalized spacial score (nSPS) is 10.9. The van der Waals surface area contributed by atoms with E-state index >= 15 is 0 Å². The third kappa shape index (κ3) is 3.25. The van der Waals surface area contributed by atoms with Gasteiger partial charge in [0.1, 0.15) is 17.6 Å². The second-order valence-electron chi connectivity index (χ2n) is 5.32. The number of hydrogen-bond acceptors (Lipinski definition) is 3. The van der Waals surface area contributed by atoms with E-state index in [9.17, 15) is 4.79 Å². The van der Waals surface area contributed by atoms with Gasteiger partial charge in [0.05, 0.1) is 17.6 Å². The summed E-state index contributed by atoms with van der Waals surface area (Å²) >= 11 is 6.18. The molecule has 4 heteroatoms. The zero-order chi connectivity index (χ0) is 16.2. The summed E-state index contributed by atoms with van der Waals surface area (Å²) in [6.45, 7) is 2.77. The molecule has 0 fully saturated rings. The molecule has 0 amide bonds. The van der Waals surface area contributed by atoms with Gasteiger partial charge >= 0.3 is 0 Å². The second kappa shape index (κ2) is 6.88. The molecule has 0 aliphatic rings. The molecule has 0 atom stereocenters. The van der Waals surface area contributed by atoms with Crippen molar-refractivity contribution in [1.82, 2.24) is 0 Å². The average Bonchev–Trinajstić information content (AvgIpc) is 2.56. The Balaban J connectivity index is 2.02. The lowest BCUT2D eigenvalue weighted by molar-refractivity contribution is 0.309. The lowest BCUT2D eigenvalue weighted by Crippen LogP contribution is -2.05. The molecule has 3 aromatic rings. The van der Waals surface area contributed by atoms with Crippen molar-refractivity contribution >= 4 is 22.6 Å². The summed E-state index contributed by atoms with van der Waals surface area (Å²) in [5, 5.41) is 1.05. The van der Waals surface area contributed by atoms with Crippen molar-refractivity contribution in [3.05, 3.63) is 64.0 Å². The van der Waals surface area contributed by atoms with Crippen LogP contribution in [0.2, 0.25) is 5.02 Å². The number of rotatable bonds is 5. The molecule has 0 spiro atoms. The fourth-order valence-corrected chi connectivity index (χ4v) is 2.64. The maximum atomic E-state index is 12.7. The van der Waals surface area contributed by atoms with Crippen LogP contribution in [0.25, 0.3) is 22.1 Å². The van der Waals surface area contributed by atoms with Crippen LogP contribution >= 0.6 is 11.6 Å². The summed E-state index contributed by atoms with van der Waals surface area (Å²) in [5.41, 5.74) is 1.55. The zero-order valence-electron chi connectivity index (χ0n) is 12.8. The summed E-state index contributed by atoms with van der Waals surface area (Å²) in [6.07, 6.45) is 3.53. The first-order chi connectivity index (χ1) is 11.2. The van der Waals surface area contributed by atoms with Crippen molar-refractivity contribution < 1.29 is 9.15 Å². The molecule has 0 N–H and O–H groups in total. The van der Waals surface area contributed by atoms with Crippen LogP contribution in [0, 0.1) is 0 Å². The Bertz CT molecular complexity index is 883. The first-order valence-corrected chi connectivity index (χ1v) is 8.01. The summed E-state index contributed by atoms with van der Waals surface area (Å²) in [4.78, 5) is 12.7. The van der Waals surface area contributed by atoms with Crippen LogP contribution in [-0.4, -0.2) is 6.61 Å². The topological polar surface area (TPSA) is 39.4 Å². The maximum Gasteiger partial charge on any atom is 0.200 e. The molecule has 1 aromatic heterocycles. The predicted molar refractivity (Wildman–Crippen MR) is 93.3 cm³/mol. The van der Waals surface area contributed by atoms with Gasteiger partial charge < -0.3 is 9.15 Å². The van der Waals surface area contributed by atoms with Gasteiger partial charge in [0, 0.05) is 16.7 Å². The minimum atomic E-state index is -0.0977. The molecular formula is C19H17ClO3. The van der Waals surface area contributed by atoms with E-state index in [-0.39, 0.29) is 5.43 Å². The molecule has 3 nitrogen and oxygen atoms in total. The van der Waals surface area contributed by atoms with Gasteiger partial charge in [-0.25, -0.2) is 0 Å². The standard InChI is InChI=1S/C19H17ClO3/c1-2-3-10-22-13-8-9-15-18(11-13)23-12-16(19(15)21)14-6-4-5-7-17(14)20/h4-9,11-12H,2-3,10H2,1H3. The Morgan fingerprint density at radius 1 is 1.13 bits per heavy atom. The average molecular weight is 329 g/mol. The van der Waals surface area contributed by atoms with E-state index in [1.807, 2.05) is 18.2 Å². The van der Waals surface area contributed by atoms with Crippen molar-refractivity contribution in [3.8, 4) is 16.9 Å². The van der Waals surface area contributed by atoms with Gasteiger partial charge in [0.2, 0.25) is 5.43 Å². The maximum absolute atomic E-state index is 12.7. The number of halogens is 1. The Hall–Kier alpha value is -2.26. The molecule has 0 radical (unpaired) electrons. The van der Waals surface area contributed by atoms with Gasteiger partial charge in [0.25, 0.3) is 0 Å². The van der Waals surface area contributed by atoms with Crippen LogP contribution in [0.4, 0.5) is 0 Å². The van der Waals surface area contributed by atoms with E-state index in [1.54, 1.807) is 24.3 Å². The number of fused-ring (bicyclic) bond motifs is 1. The van der Waals surface area contributed by atoms with Crippen molar-refractivity contribution in [2.75, 3.05) is 6.61 Å². The third-order valence-electron chi connectivity index (χ3n) is 3.68. The molecule has 0 saturated carbocycles. The second-order valence-corrected chi connectivity index (χ2v) is 5.73. The van der Waals surface area contributed by atoms with E-state index < -0.39 is 0 Å². The molecule has 3 rings (SSSR count). The van der Waals surface area contributed by atoms with E-state index in [0.29, 0.717) is 39.5 Å². The minimum absolute atomic E-state index is 0.0977. The van der Waals surface area contributed by atoms with Gasteiger partial charge in [0.15, 0.2) is 0 Å². The third-order valence-corrected chi connectivity index (χ3v) is 4.01. The summed E-state index contributed by atoms with van der Waals surface area (Å²) in [5.74, 6) is 0.708. The van der Waals surface area contributed by atoms with Gasteiger partial charge in [-0.1, -0.05) is 43.1 Å². The molecule has 2 aromatic carbocycles. The Morgan fingerprint density at radius 3 is 2.74 bits per heavy atom. The molecule has 118 valence electrons. The molecular weight excluding hydrogens is 312 g/mol. The van der Waals surface area contributed by atoms with Crippen LogP contribution in [-0.2, 0) is 0 Å². The molecule has 1 heterocycles. The number of benzene rings is 2. The fraction of sp³-hybridized carbons (Fsp3) is 0.211. The van der Waals surface area contributed by atoms with Crippen LogP contribution in [0.15, 0.2) is 57.9 Å². The number of unbranched alkanes of at least 4 members (excludes halogenated alkanes) is 1.